The molecule has 18 heavy (non-hydrogen) atoms. The van der Waals surface area contributed by atoms with Gasteiger partial charge in [-0.2, -0.15) is 0 Å². The van der Waals surface area contributed by atoms with Crippen LogP contribution in [0.1, 0.15) is 5.56 Å². The zero-order chi connectivity index (χ0) is 13.1. The number of nitro benzene ring substituents is 1. The summed E-state index contributed by atoms with van der Waals surface area (Å²) in [5.41, 5.74) is 0.573. The van der Waals surface area contributed by atoms with Gasteiger partial charge in [0.2, 0.25) is 0 Å². The van der Waals surface area contributed by atoms with Crippen LogP contribution in [0.4, 0.5) is 5.69 Å². The fourth-order valence-corrected chi connectivity index (χ4v) is 1.98. The molecule has 1 heterocycles. The highest BCUT2D eigenvalue weighted by Gasteiger charge is 2.07. The molecule has 0 amide bonds. The Morgan fingerprint density at radius 2 is 2.06 bits per heavy atom. The van der Waals surface area contributed by atoms with Gasteiger partial charge in [0.15, 0.2) is 0 Å². The molecule has 0 unspecified atom stereocenters. The van der Waals surface area contributed by atoms with Gasteiger partial charge in [0.1, 0.15) is 0 Å². The van der Waals surface area contributed by atoms with Crippen molar-refractivity contribution in [3.63, 3.8) is 0 Å². The first-order valence-corrected chi connectivity index (χ1v) is 5.95. The lowest BCUT2D eigenvalue weighted by Gasteiger charge is -2.05. The van der Waals surface area contributed by atoms with Gasteiger partial charge in [-0.15, -0.1) is 0 Å². The highest BCUT2D eigenvalue weighted by molar-refractivity contribution is 9.10. The summed E-state index contributed by atoms with van der Waals surface area (Å²) in [5, 5.41) is 10.7. The van der Waals surface area contributed by atoms with Crippen LogP contribution in [0.5, 0.6) is 0 Å². The highest BCUT2D eigenvalue weighted by Crippen LogP contribution is 2.13. The van der Waals surface area contributed by atoms with Crippen molar-refractivity contribution in [3.05, 3.63) is 73.1 Å². The first kappa shape index (κ1) is 12.5. The van der Waals surface area contributed by atoms with E-state index in [1.54, 1.807) is 30.5 Å². The van der Waals surface area contributed by atoms with Gasteiger partial charge >= 0.3 is 0 Å². The lowest BCUT2D eigenvalue weighted by atomic mass is 10.2. The van der Waals surface area contributed by atoms with E-state index in [0.717, 1.165) is 0 Å². The fraction of sp³-hybridized carbons (Fsp3) is 0.0833. The molecule has 0 aliphatic carbocycles. The maximum atomic E-state index is 11.8. The molecule has 0 bridgehead atoms. The topological polar surface area (TPSA) is 65.1 Å². The molecule has 92 valence electrons. The van der Waals surface area contributed by atoms with Crippen molar-refractivity contribution in [2.75, 3.05) is 0 Å². The number of non-ortho nitro benzene ring substituents is 1. The van der Waals surface area contributed by atoms with Crippen molar-refractivity contribution < 1.29 is 4.92 Å². The van der Waals surface area contributed by atoms with Gasteiger partial charge in [-0.05, 0) is 33.6 Å². The molecule has 2 rings (SSSR count). The van der Waals surface area contributed by atoms with E-state index in [1.165, 1.54) is 16.7 Å². The lowest BCUT2D eigenvalue weighted by Crippen LogP contribution is -2.20. The van der Waals surface area contributed by atoms with Gasteiger partial charge in [0.05, 0.1) is 15.9 Å². The molecule has 1 aromatic heterocycles. The molecule has 0 spiro atoms. The molecule has 0 saturated heterocycles. The maximum Gasteiger partial charge on any atom is 0.269 e. The number of hydrogen-bond donors (Lipinski definition) is 0. The monoisotopic (exact) mass is 308 g/mol. The average Bonchev–Trinajstić information content (AvgIpc) is 2.35. The maximum absolute atomic E-state index is 11.8. The van der Waals surface area contributed by atoms with Crippen LogP contribution in [-0.2, 0) is 6.54 Å². The Balaban J connectivity index is 2.34. The summed E-state index contributed by atoms with van der Waals surface area (Å²) in [6.45, 7) is 0.306. The Kier molecular flexibility index (Phi) is 3.57. The van der Waals surface area contributed by atoms with Crippen molar-refractivity contribution >= 4 is 21.6 Å². The number of halogens is 1. The van der Waals surface area contributed by atoms with E-state index in [1.807, 2.05) is 0 Å². The van der Waals surface area contributed by atoms with Crippen molar-refractivity contribution in [3.8, 4) is 0 Å². The van der Waals surface area contributed by atoms with Crippen molar-refractivity contribution in [1.29, 1.82) is 0 Å². The minimum atomic E-state index is -0.451. The average molecular weight is 309 g/mol. The number of rotatable bonds is 3. The molecule has 5 nitrogen and oxygen atoms in total. The third-order valence-corrected chi connectivity index (χ3v) is 3.05. The zero-order valence-electron chi connectivity index (χ0n) is 9.25. The Morgan fingerprint density at radius 1 is 1.28 bits per heavy atom. The minimum Gasteiger partial charge on any atom is -0.310 e. The predicted molar refractivity (Wildman–Crippen MR) is 70.6 cm³/mol. The van der Waals surface area contributed by atoms with Crippen molar-refractivity contribution in [1.82, 2.24) is 4.57 Å². The summed E-state index contributed by atoms with van der Waals surface area (Å²) in [5.74, 6) is 0. The van der Waals surface area contributed by atoms with Gasteiger partial charge in [0.25, 0.3) is 11.2 Å². The van der Waals surface area contributed by atoms with E-state index in [2.05, 4.69) is 15.9 Å². The molecular weight excluding hydrogens is 300 g/mol. The van der Waals surface area contributed by atoms with Crippen LogP contribution in [0, 0.1) is 10.1 Å². The molecular formula is C12H9BrN2O3. The highest BCUT2D eigenvalue weighted by atomic mass is 79.9. The van der Waals surface area contributed by atoms with E-state index in [-0.39, 0.29) is 11.2 Å². The summed E-state index contributed by atoms with van der Waals surface area (Å²) in [6, 6.07) is 9.65. The van der Waals surface area contributed by atoms with E-state index >= 15 is 0 Å². The first-order chi connectivity index (χ1) is 8.58. The summed E-state index contributed by atoms with van der Waals surface area (Å²) < 4.78 is 1.96. The van der Waals surface area contributed by atoms with Crippen LogP contribution in [0.3, 0.4) is 0 Å². The zero-order valence-corrected chi connectivity index (χ0v) is 10.8. The second kappa shape index (κ2) is 5.14. The van der Waals surface area contributed by atoms with Crippen LogP contribution in [0.15, 0.2) is 51.9 Å². The van der Waals surface area contributed by atoms with Gasteiger partial charge in [0, 0.05) is 18.3 Å². The van der Waals surface area contributed by atoms with E-state index in [9.17, 15) is 14.9 Å². The molecule has 0 radical (unpaired) electrons. The molecule has 6 heteroatoms. The number of nitro groups is 1. The van der Waals surface area contributed by atoms with Gasteiger partial charge in [-0.3, -0.25) is 14.9 Å². The van der Waals surface area contributed by atoms with Gasteiger partial charge in [-0.25, -0.2) is 0 Å². The summed E-state index contributed by atoms with van der Waals surface area (Å²) in [4.78, 5) is 22.0. The minimum absolute atomic E-state index is 0.0237. The van der Waals surface area contributed by atoms with E-state index in [4.69, 9.17) is 0 Å². The van der Waals surface area contributed by atoms with Crippen LogP contribution in [-0.4, -0.2) is 9.49 Å². The fourth-order valence-electron chi connectivity index (χ4n) is 1.60. The number of hydrogen-bond acceptors (Lipinski definition) is 3. The lowest BCUT2D eigenvalue weighted by molar-refractivity contribution is -0.384. The second-order valence-corrected chi connectivity index (χ2v) is 4.57. The SMILES string of the molecule is O=c1c(Br)cccn1Cc1cccc([N+](=O)[O-])c1. The first-order valence-electron chi connectivity index (χ1n) is 5.16. The molecule has 0 aliphatic heterocycles. The summed E-state index contributed by atoms with van der Waals surface area (Å²) >= 11 is 3.16. The summed E-state index contributed by atoms with van der Waals surface area (Å²) in [7, 11) is 0. The standard InChI is InChI=1S/C12H9BrN2O3/c13-11-5-2-6-14(12(11)16)8-9-3-1-4-10(7-9)15(17)18/h1-7H,8H2. The molecule has 2 aromatic rings. The normalized spacial score (nSPS) is 10.3. The van der Waals surface area contributed by atoms with Crippen LogP contribution in [0.25, 0.3) is 0 Å². The van der Waals surface area contributed by atoms with Crippen LogP contribution < -0.4 is 5.56 Å². The van der Waals surface area contributed by atoms with Crippen molar-refractivity contribution in [2.24, 2.45) is 0 Å². The third kappa shape index (κ3) is 2.65. The smallest absolute Gasteiger partial charge is 0.269 e. The number of benzene rings is 1. The predicted octanol–water partition coefficient (Wildman–Crippen LogP) is 2.57. The summed E-state index contributed by atoms with van der Waals surface area (Å²) in [6.07, 6.45) is 1.64. The third-order valence-electron chi connectivity index (χ3n) is 2.45. The largest absolute Gasteiger partial charge is 0.310 e. The quantitative estimate of drug-likeness (QED) is 0.646. The Bertz CT molecular complexity index is 652. The van der Waals surface area contributed by atoms with Gasteiger partial charge in [-0.1, -0.05) is 12.1 Å². The molecule has 0 fully saturated rings. The Hall–Kier alpha value is -1.95. The van der Waals surface area contributed by atoms with Crippen LogP contribution in [0.2, 0.25) is 0 Å². The molecule has 1 aromatic carbocycles. The van der Waals surface area contributed by atoms with E-state index < -0.39 is 4.92 Å². The number of nitrogens with zero attached hydrogens (tertiary/aromatic N) is 2. The second-order valence-electron chi connectivity index (χ2n) is 3.72. The van der Waals surface area contributed by atoms with Crippen molar-refractivity contribution in [2.45, 2.75) is 6.54 Å². The van der Waals surface area contributed by atoms with E-state index in [0.29, 0.717) is 16.6 Å². The number of pyridine rings is 1. The molecule has 0 N–H and O–H groups in total. The molecule has 0 saturated carbocycles. The molecule has 0 atom stereocenters. The van der Waals surface area contributed by atoms with Gasteiger partial charge < -0.3 is 4.57 Å². The Labute approximate surface area is 111 Å². The molecule has 0 aliphatic rings. The Morgan fingerprint density at radius 3 is 2.78 bits per heavy atom. The number of aromatic nitrogens is 1. The van der Waals surface area contributed by atoms with Crippen LogP contribution >= 0.6 is 15.9 Å².